The molecule has 0 saturated heterocycles. The number of hydrogen-bond donors (Lipinski definition) is 2. The van der Waals surface area contributed by atoms with Gasteiger partial charge in [-0.1, -0.05) is 13.8 Å². The lowest BCUT2D eigenvalue weighted by Crippen LogP contribution is -2.49. The number of primary amides is 1. The zero-order valence-electron chi connectivity index (χ0n) is 14.9. The third-order valence-electron chi connectivity index (χ3n) is 3.53. The van der Waals surface area contributed by atoms with Crippen LogP contribution in [-0.2, 0) is 14.4 Å². The highest BCUT2D eigenvalue weighted by molar-refractivity contribution is 5.95. The summed E-state index contributed by atoms with van der Waals surface area (Å²) in [4.78, 5) is 37.6. The Kier molecular flexibility index (Phi) is 9.06. The fourth-order valence-corrected chi connectivity index (χ4v) is 2.40. The van der Waals surface area contributed by atoms with Gasteiger partial charge in [0.15, 0.2) is 0 Å². The first kappa shape index (κ1) is 20.5. The predicted octanol–water partition coefficient (Wildman–Crippen LogP) is 1.69. The van der Waals surface area contributed by atoms with Gasteiger partial charge in [-0.05, 0) is 37.5 Å². The van der Waals surface area contributed by atoms with Crippen LogP contribution >= 0.6 is 0 Å². The molecule has 25 heavy (non-hydrogen) atoms. The smallest absolute Gasteiger partial charge is 0.245 e. The molecule has 0 spiro atoms. The number of carbonyl (C=O) groups is 3. The van der Waals surface area contributed by atoms with Crippen molar-refractivity contribution in [3.8, 4) is 0 Å². The van der Waals surface area contributed by atoms with Gasteiger partial charge in [0.2, 0.25) is 17.7 Å². The van der Waals surface area contributed by atoms with Crippen LogP contribution in [0.5, 0.6) is 0 Å². The van der Waals surface area contributed by atoms with Gasteiger partial charge in [0.05, 0.1) is 6.26 Å². The van der Waals surface area contributed by atoms with E-state index >= 15 is 0 Å². The van der Waals surface area contributed by atoms with Crippen molar-refractivity contribution >= 4 is 23.8 Å². The average molecular weight is 349 g/mol. The molecule has 1 heterocycles. The lowest BCUT2D eigenvalue weighted by Gasteiger charge is -2.27. The number of hydrogen-bond acceptors (Lipinski definition) is 4. The molecule has 7 nitrogen and oxygen atoms in total. The largest absolute Gasteiger partial charge is 0.465 e. The van der Waals surface area contributed by atoms with Crippen LogP contribution < -0.4 is 11.1 Å². The molecule has 0 radical (unpaired) electrons. The van der Waals surface area contributed by atoms with Crippen molar-refractivity contribution in [3.05, 3.63) is 30.2 Å². The lowest BCUT2D eigenvalue weighted by atomic mass is 10.1. The van der Waals surface area contributed by atoms with Crippen molar-refractivity contribution in [2.45, 2.75) is 45.6 Å². The molecule has 0 aliphatic carbocycles. The van der Waals surface area contributed by atoms with Crippen LogP contribution in [0.1, 0.15) is 45.3 Å². The molecule has 3 amide bonds. The van der Waals surface area contributed by atoms with Crippen LogP contribution in [0.3, 0.4) is 0 Å². The van der Waals surface area contributed by atoms with Gasteiger partial charge in [0.25, 0.3) is 0 Å². The second-order valence-corrected chi connectivity index (χ2v) is 5.74. The minimum Gasteiger partial charge on any atom is -0.465 e. The van der Waals surface area contributed by atoms with Gasteiger partial charge in [-0.25, -0.2) is 0 Å². The van der Waals surface area contributed by atoms with E-state index in [4.69, 9.17) is 10.2 Å². The Bertz CT molecular complexity index is 575. The molecule has 1 rings (SSSR count). The molecule has 1 atom stereocenters. The van der Waals surface area contributed by atoms with Crippen LogP contribution in [0.25, 0.3) is 6.08 Å². The predicted molar refractivity (Wildman–Crippen MR) is 95.3 cm³/mol. The number of nitrogens with zero attached hydrogens (tertiary/aromatic N) is 1. The monoisotopic (exact) mass is 349 g/mol. The van der Waals surface area contributed by atoms with E-state index in [2.05, 4.69) is 5.32 Å². The molecule has 0 aliphatic rings. The van der Waals surface area contributed by atoms with E-state index in [0.29, 0.717) is 18.8 Å². The Morgan fingerprint density at radius 3 is 2.48 bits per heavy atom. The molecular weight excluding hydrogens is 322 g/mol. The lowest BCUT2D eigenvalue weighted by molar-refractivity contribution is -0.136. The van der Waals surface area contributed by atoms with Crippen molar-refractivity contribution < 1.29 is 18.8 Å². The summed E-state index contributed by atoms with van der Waals surface area (Å²) in [5, 5.41) is 2.67. The number of furan rings is 1. The summed E-state index contributed by atoms with van der Waals surface area (Å²) in [6, 6.07) is 2.65. The van der Waals surface area contributed by atoms with E-state index in [9.17, 15) is 14.4 Å². The van der Waals surface area contributed by atoms with Gasteiger partial charge in [0, 0.05) is 25.6 Å². The molecular formula is C18H27N3O4. The van der Waals surface area contributed by atoms with Crippen LogP contribution in [0.2, 0.25) is 0 Å². The summed E-state index contributed by atoms with van der Waals surface area (Å²) in [5.41, 5.74) is 5.19. The third kappa shape index (κ3) is 7.69. The first-order valence-corrected chi connectivity index (χ1v) is 8.57. The summed E-state index contributed by atoms with van der Waals surface area (Å²) in [5.74, 6) is -0.582. The highest BCUT2D eigenvalue weighted by atomic mass is 16.3. The number of amides is 3. The SMILES string of the molecule is CCCN(CCC)C(=O)C(CCC(N)=O)NC(=O)/C=C/c1ccco1. The van der Waals surface area contributed by atoms with E-state index in [1.165, 1.54) is 18.4 Å². The highest BCUT2D eigenvalue weighted by Gasteiger charge is 2.25. The Morgan fingerprint density at radius 2 is 1.96 bits per heavy atom. The van der Waals surface area contributed by atoms with Crippen molar-refractivity contribution in [3.63, 3.8) is 0 Å². The van der Waals surface area contributed by atoms with E-state index < -0.39 is 17.9 Å². The summed E-state index contributed by atoms with van der Waals surface area (Å²) >= 11 is 0. The number of nitrogens with two attached hydrogens (primary N) is 1. The average Bonchev–Trinajstić information content (AvgIpc) is 3.09. The van der Waals surface area contributed by atoms with Gasteiger partial charge in [-0.15, -0.1) is 0 Å². The van der Waals surface area contributed by atoms with Crippen LogP contribution in [0.4, 0.5) is 0 Å². The molecule has 0 bridgehead atoms. The van der Waals surface area contributed by atoms with Crippen LogP contribution in [0, 0.1) is 0 Å². The summed E-state index contributed by atoms with van der Waals surface area (Å²) in [6.45, 7) is 5.19. The number of nitrogens with one attached hydrogen (secondary N) is 1. The van der Waals surface area contributed by atoms with E-state index in [1.807, 2.05) is 13.8 Å². The minimum absolute atomic E-state index is 0.0324. The van der Waals surface area contributed by atoms with E-state index in [0.717, 1.165) is 12.8 Å². The standard InChI is InChI=1S/C18H27N3O4/c1-3-11-21(12-4-2)18(24)15(8-9-16(19)22)20-17(23)10-7-14-6-5-13-25-14/h5-7,10,13,15H,3-4,8-9,11-12H2,1-2H3,(H2,19,22)(H,20,23)/b10-7+. The van der Waals surface area contributed by atoms with E-state index in [-0.39, 0.29) is 18.7 Å². The maximum atomic E-state index is 12.7. The molecule has 0 saturated carbocycles. The second-order valence-electron chi connectivity index (χ2n) is 5.74. The van der Waals surface area contributed by atoms with Crippen LogP contribution in [-0.4, -0.2) is 41.8 Å². The third-order valence-corrected chi connectivity index (χ3v) is 3.53. The molecule has 1 aromatic heterocycles. The Balaban J connectivity index is 2.77. The molecule has 7 heteroatoms. The van der Waals surface area contributed by atoms with Crippen molar-refractivity contribution in [2.24, 2.45) is 5.73 Å². The van der Waals surface area contributed by atoms with Gasteiger partial charge >= 0.3 is 0 Å². The van der Waals surface area contributed by atoms with Gasteiger partial charge in [-0.3, -0.25) is 14.4 Å². The minimum atomic E-state index is -0.778. The maximum absolute atomic E-state index is 12.7. The fraction of sp³-hybridized carbons (Fsp3) is 0.500. The molecule has 138 valence electrons. The van der Waals surface area contributed by atoms with Crippen molar-refractivity contribution in [2.75, 3.05) is 13.1 Å². The molecule has 0 fully saturated rings. The second kappa shape index (κ2) is 11.1. The van der Waals surface area contributed by atoms with Crippen molar-refractivity contribution in [1.82, 2.24) is 10.2 Å². The summed E-state index contributed by atoms with van der Waals surface area (Å²) < 4.78 is 5.11. The number of carbonyl (C=O) groups excluding carboxylic acids is 3. The van der Waals surface area contributed by atoms with Gasteiger partial charge in [0.1, 0.15) is 11.8 Å². The quantitative estimate of drug-likeness (QED) is 0.593. The summed E-state index contributed by atoms with van der Waals surface area (Å²) in [7, 11) is 0. The normalized spacial score (nSPS) is 12.1. The van der Waals surface area contributed by atoms with Crippen LogP contribution in [0.15, 0.2) is 28.9 Å². The Morgan fingerprint density at radius 1 is 1.28 bits per heavy atom. The molecule has 1 aromatic rings. The maximum Gasteiger partial charge on any atom is 0.245 e. The molecule has 3 N–H and O–H groups in total. The zero-order chi connectivity index (χ0) is 18.7. The first-order chi connectivity index (χ1) is 12.0. The Labute approximate surface area is 148 Å². The van der Waals surface area contributed by atoms with Gasteiger partial charge in [-0.2, -0.15) is 0 Å². The Hall–Kier alpha value is -2.57. The zero-order valence-corrected chi connectivity index (χ0v) is 14.9. The van der Waals surface area contributed by atoms with Crippen molar-refractivity contribution in [1.29, 1.82) is 0 Å². The molecule has 0 aromatic carbocycles. The highest BCUT2D eigenvalue weighted by Crippen LogP contribution is 2.06. The molecule has 1 unspecified atom stereocenters. The summed E-state index contributed by atoms with van der Waals surface area (Å²) in [6.07, 6.45) is 6.17. The van der Waals surface area contributed by atoms with E-state index in [1.54, 1.807) is 17.0 Å². The number of rotatable bonds is 11. The van der Waals surface area contributed by atoms with Gasteiger partial charge < -0.3 is 20.4 Å². The first-order valence-electron chi connectivity index (χ1n) is 8.57. The topological polar surface area (TPSA) is 106 Å². The molecule has 0 aliphatic heterocycles. The fourth-order valence-electron chi connectivity index (χ4n) is 2.40.